The first-order valence-corrected chi connectivity index (χ1v) is 7.21. The van der Waals surface area contributed by atoms with Gasteiger partial charge in [-0.1, -0.05) is 31.9 Å². The van der Waals surface area contributed by atoms with Crippen molar-refractivity contribution in [3.8, 4) is 17.2 Å². The van der Waals surface area contributed by atoms with E-state index in [9.17, 15) is 15.0 Å². The van der Waals surface area contributed by atoms with Crippen LogP contribution in [0.1, 0.15) is 5.56 Å². The molecule has 0 atom stereocenters. The summed E-state index contributed by atoms with van der Waals surface area (Å²) >= 11 is 6.49. The van der Waals surface area contributed by atoms with E-state index >= 15 is 0 Å². The van der Waals surface area contributed by atoms with E-state index in [1.807, 2.05) is 0 Å². The second kappa shape index (κ2) is 6.28. The lowest BCUT2D eigenvalue weighted by Crippen LogP contribution is -2.11. The third-order valence-electron chi connectivity index (χ3n) is 2.52. The fourth-order valence-electron chi connectivity index (χ4n) is 1.58. The number of phenolic OH excluding ortho intramolecular Hbond substituents is 2. The molecule has 0 saturated heterocycles. The number of ether oxygens (including phenoxy) is 1. The summed E-state index contributed by atoms with van der Waals surface area (Å²) in [6.07, 6.45) is -0.1000. The highest BCUT2D eigenvalue weighted by Gasteiger charge is 2.13. The topological polar surface area (TPSA) is 66.8 Å². The summed E-state index contributed by atoms with van der Waals surface area (Å²) in [4.78, 5) is 11.8. The Morgan fingerprint density at radius 2 is 1.60 bits per heavy atom. The van der Waals surface area contributed by atoms with Crippen molar-refractivity contribution in [2.24, 2.45) is 0 Å². The van der Waals surface area contributed by atoms with Gasteiger partial charge in [-0.15, -0.1) is 0 Å². The molecule has 2 aromatic carbocycles. The molecule has 4 nitrogen and oxygen atoms in total. The number of hydrogen-bond acceptors (Lipinski definition) is 4. The Balaban J connectivity index is 2.13. The first-order chi connectivity index (χ1) is 9.45. The molecule has 2 aromatic rings. The zero-order valence-corrected chi connectivity index (χ0v) is 13.3. The average Bonchev–Trinajstić information content (AvgIpc) is 2.38. The maximum absolute atomic E-state index is 11.8. The summed E-state index contributed by atoms with van der Waals surface area (Å²) in [6.45, 7) is 0. The van der Waals surface area contributed by atoms with Gasteiger partial charge in [-0.05, 0) is 36.4 Å². The predicted molar refractivity (Wildman–Crippen MR) is 81.0 cm³/mol. The molecule has 0 amide bonds. The molecule has 0 radical (unpaired) electrons. The molecule has 0 saturated carbocycles. The molecule has 0 aliphatic heterocycles. The summed E-state index contributed by atoms with van der Waals surface area (Å²) in [5.74, 6) is -0.616. The van der Waals surface area contributed by atoms with E-state index in [0.29, 0.717) is 10.0 Å². The van der Waals surface area contributed by atoms with Gasteiger partial charge in [-0.2, -0.15) is 0 Å². The molecule has 0 unspecified atom stereocenters. The van der Waals surface area contributed by atoms with Crippen LogP contribution in [-0.2, 0) is 11.2 Å². The molecule has 104 valence electrons. The zero-order valence-electron chi connectivity index (χ0n) is 10.1. The first-order valence-electron chi connectivity index (χ1n) is 5.62. The highest BCUT2D eigenvalue weighted by Crippen LogP contribution is 2.30. The summed E-state index contributed by atoms with van der Waals surface area (Å²) in [5, 5.41) is 19.3. The minimum Gasteiger partial charge on any atom is -0.508 e. The van der Waals surface area contributed by atoms with Crippen LogP contribution in [-0.4, -0.2) is 16.2 Å². The number of benzene rings is 2. The fraction of sp³-hybridized carbons (Fsp3) is 0.0714. The Labute approximate surface area is 132 Å². The summed E-state index contributed by atoms with van der Waals surface area (Å²) < 4.78 is 6.52. The normalized spacial score (nSPS) is 10.3. The molecule has 2 N–H and O–H groups in total. The molecule has 2 rings (SSSR count). The van der Waals surface area contributed by atoms with Gasteiger partial charge >= 0.3 is 5.97 Å². The number of halogens is 2. The van der Waals surface area contributed by atoms with Crippen LogP contribution in [0.4, 0.5) is 0 Å². The van der Waals surface area contributed by atoms with Gasteiger partial charge in [0.25, 0.3) is 0 Å². The monoisotopic (exact) mass is 400 g/mol. The van der Waals surface area contributed by atoms with Crippen molar-refractivity contribution >= 4 is 37.8 Å². The van der Waals surface area contributed by atoms with Crippen molar-refractivity contribution in [1.82, 2.24) is 0 Å². The standard InChI is InChI=1S/C14H10Br2O4/c15-9-1-3-11(17)8(5-9)6-14(19)20-13-7-10(16)2-4-12(13)18/h1-5,7,17-18H,6H2. The number of carbonyl (C=O) groups excluding carboxylic acids is 1. The van der Waals surface area contributed by atoms with Gasteiger partial charge in [0.15, 0.2) is 11.5 Å². The van der Waals surface area contributed by atoms with Gasteiger partial charge in [0.05, 0.1) is 6.42 Å². The van der Waals surface area contributed by atoms with Gasteiger partial charge in [-0.3, -0.25) is 4.79 Å². The van der Waals surface area contributed by atoms with E-state index in [-0.39, 0.29) is 23.7 Å². The highest BCUT2D eigenvalue weighted by molar-refractivity contribution is 9.10. The van der Waals surface area contributed by atoms with Crippen LogP contribution in [0.3, 0.4) is 0 Å². The van der Waals surface area contributed by atoms with Crippen LogP contribution in [0.25, 0.3) is 0 Å². The van der Waals surface area contributed by atoms with Crippen LogP contribution < -0.4 is 4.74 Å². The third-order valence-corrected chi connectivity index (χ3v) is 3.51. The molecule has 0 spiro atoms. The smallest absolute Gasteiger partial charge is 0.315 e. The summed E-state index contributed by atoms with van der Waals surface area (Å²) in [7, 11) is 0. The molecule has 0 fully saturated rings. The highest BCUT2D eigenvalue weighted by atomic mass is 79.9. The van der Waals surface area contributed by atoms with Crippen molar-refractivity contribution in [1.29, 1.82) is 0 Å². The van der Waals surface area contributed by atoms with E-state index in [1.165, 1.54) is 18.2 Å². The average molecular weight is 402 g/mol. The van der Waals surface area contributed by atoms with Crippen molar-refractivity contribution in [2.45, 2.75) is 6.42 Å². The first kappa shape index (κ1) is 14.9. The largest absolute Gasteiger partial charge is 0.508 e. The predicted octanol–water partition coefficient (Wildman–Crippen LogP) is 3.77. The van der Waals surface area contributed by atoms with Gasteiger partial charge in [-0.25, -0.2) is 0 Å². The van der Waals surface area contributed by atoms with Crippen LogP contribution in [0.15, 0.2) is 45.3 Å². The number of rotatable bonds is 3. The Bertz CT molecular complexity index is 600. The molecule has 0 aliphatic rings. The zero-order chi connectivity index (χ0) is 14.7. The lowest BCUT2D eigenvalue weighted by molar-refractivity contribution is -0.133. The van der Waals surface area contributed by atoms with Gasteiger partial charge in [0.1, 0.15) is 5.75 Å². The molecular weight excluding hydrogens is 392 g/mol. The number of esters is 1. The molecular formula is C14H10Br2O4. The third kappa shape index (κ3) is 3.74. The van der Waals surface area contributed by atoms with Crippen molar-refractivity contribution in [2.75, 3.05) is 0 Å². The second-order valence-corrected chi connectivity index (χ2v) is 5.87. The van der Waals surface area contributed by atoms with E-state index in [1.54, 1.807) is 18.2 Å². The second-order valence-electron chi connectivity index (χ2n) is 4.04. The van der Waals surface area contributed by atoms with Crippen LogP contribution in [0.2, 0.25) is 0 Å². The number of hydrogen-bond donors (Lipinski definition) is 2. The SMILES string of the molecule is O=C(Cc1cc(Br)ccc1O)Oc1cc(Br)ccc1O. The molecule has 20 heavy (non-hydrogen) atoms. The van der Waals surface area contributed by atoms with Gasteiger partial charge in [0, 0.05) is 14.5 Å². The number of phenols is 2. The van der Waals surface area contributed by atoms with E-state index < -0.39 is 5.97 Å². The minimum atomic E-state index is -0.577. The maximum atomic E-state index is 11.8. The Kier molecular flexibility index (Phi) is 4.67. The molecule has 6 heteroatoms. The van der Waals surface area contributed by atoms with E-state index in [4.69, 9.17) is 4.74 Å². The number of aromatic hydroxyl groups is 2. The Morgan fingerprint density at radius 3 is 2.30 bits per heavy atom. The van der Waals surface area contributed by atoms with Crippen LogP contribution in [0, 0.1) is 0 Å². The fourth-order valence-corrected chi connectivity index (χ4v) is 2.33. The van der Waals surface area contributed by atoms with Gasteiger partial charge in [0.2, 0.25) is 0 Å². The van der Waals surface area contributed by atoms with Crippen molar-refractivity contribution in [3.63, 3.8) is 0 Å². The van der Waals surface area contributed by atoms with E-state index in [2.05, 4.69) is 31.9 Å². The summed E-state index contributed by atoms with van der Waals surface area (Å²) in [6, 6.07) is 9.34. The molecule has 0 aromatic heterocycles. The Hall–Kier alpha value is -1.53. The van der Waals surface area contributed by atoms with Crippen molar-refractivity contribution in [3.05, 3.63) is 50.9 Å². The molecule has 0 aliphatic carbocycles. The minimum absolute atomic E-state index is 0.0172. The van der Waals surface area contributed by atoms with Crippen LogP contribution in [0.5, 0.6) is 17.2 Å². The molecule has 0 bridgehead atoms. The number of carbonyl (C=O) groups is 1. The summed E-state index contributed by atoms with van der Waals surface area (Å²) in [5.41, 5.74) is 0.443. The lowest BCUT2D eigenvalue weighted by atomic mass is 10.1. The molecule has 0 heterocycles. The lowest BCUT2D eigenvalue weighted by Gasteiger charge is -2.08. The van der Waals surface area contributed by atoms with Gasteiger partial charge < -0.3 is 14.9 Å². The quantitative estimate of drug-likeness (QED) is 0.606. The Morgan fingerprint density at radius 1 is 1.00 bits per heavy atom. The maximum Gasteiger partial charge on any atom is 0.315 e. The van der Waals surface area contributed by atoms with Crippen molar-refractivity contribution < 1.29 is 19.7 Å². The van der Waals surface area contributed by atoms with Crippen LogP contribution >= 0.6 is 31.9 Å². The van der Waals surface area contributed by atoms with E-state index in [0.717, 1.165) is 4.47 Å².